The lowest BCUT2D eigenvalue weighted by atomic mass is 9.93. The zero-order chi connectivity index (χ0) is 31.0. The first-order chi connectivity index (χ1) is 21.1. The molecule has 10 nitrogen and oxygen atoms in total. The van der Waals surface area contributed by atoms with Crippen LogP contribution in [0.25, 0.3) is 0 Å². The highest BCUT2D eigenvalue weighted by Gasteiger charge is 2.44. The highest BCUT2D eigenvalue weighted by molar-refractivity contribution is 6.30. The van der Waals surface area contributed by atoms with Crippen molar-refractivity contribution in [3.8, 4) is 0 Å². The third kappa shape index (κ3) is 6.62. The number of carbonyl (C=O) groups excluding carboxylic acids is 2. The zero-order valence-corrected chi connectivity index (χ0v) is 26.4. The Morgan fingerprint density at radius 2 is 1.89 bits per heavy atom. The molecule has 2 amide bonds. The molecule has 1 aliphatic carbocycles. The van der Waals surface area contributed by atoms with Crippen molar-refractivity contribution in [2.75, 3.05) is 32.7 Å². The Bertz CT molecular complexity index is 1490. The van der Waals surface area contributed by atoms with Gasteiger partial charge in [0.05, 0.1) is 24.2 Å². The predicted octanol–water partition coefficient (Wildman–Crippen LogP) is 3.95. The van der Waals surface area contributed by atoms with E-state index in [0.717, 1.165) is 24.1 Å². The first-order valence-corrected chi connectivity index (χ1v) is 15.8. The number of rotatable bonds is 4. The molecule has 2 fully saturated rings. The van der Waals surface area contributed by atoms with Gasteiger partial charge in [0, 0.05) is 62.9 Å². The van der Waals surface area contributed by atoms with Crippen molar-refractivity contribution in [2.24, 2.45) is 5.92 Å². The molecular weight excluding hydrogens is 580 g/mol. The van der Waals surface area contributed by atoms with E-state index in [9.17, 15) is 14.7 Å². The highest BCUT2D eigenvalue weighted by atomic mass is 35.5. The number of aliphatic hydroxyl groups excluding tert-OH is 1. The van der Waals surface area contributed by atoms with Crippen LogP contribution in [0.3, 0.4) is 0 Å². The van der Waals surface area contributed by atoms with E-state index in [-0.39, 0.29) is 24.4 Å². The lowest BCUT2D eigenvalue weighted by molar-refractivity contribution is -0.144. The van der Waals surface area contributed by atoms with Crippen LogP contribution < -0.4 is 0 Å². The molecule has 2 aromatic heterocycles. The summed E-state index contributed by atoms with van der Waals surface area (Å²) in [4.78, 5) is 42.6. The standard InChI is InChI=1S/C33H41ClN6O4/c1-33(2,3)44-32(43)40-14-13-38(30-27-9-8-25(34)16-24(27)7-6-23-5-4-10-36-29(23)30)20-28(40)31(42)39-18-22(15-26(41)19-39)17-37-12-11-35-21-37/h4-5,8-12,16,21-22,26,28,30,41H,6-7,13-15,17-20H2,1-3H3/t22?,26?,28-,30+/m1/s1. The van der Waals surface area contributed by atoms with E-state index in [2.05, 4.69) is 22.0 Å². The van der Waals surface area contributed by atoms with E-state index in [1.54, 1.807) is 22.3 Å². The number of imidazole rings is 1. The van der Waals surface area contributed by atoms with Crippen molar-refractivity contribution in [1.82, 2.24) is 29.2 Å². The van der Waals surface area contributed by atoms with E-state index >= 15 is 0 Å². The van der Waals surface area contributed by atoms with Gasteiger partial charge < -0.3 is 19.3 Å². The summed E-state index contributed by atoms with van der Waals surface area (Å²) in [7, 11) is 0. The molecule has 11 heteroatoms. The summed E-state index contributed by atoms with van der Waals surface area (Å²) < 4.78 is 7.77. The summed E-state index contributed by atoms with van der Waals surface area (Å²) in [5.41, 5.74) is 3.72. The van der Waals surface area contributed by atoms with Gasteiger partial charge in [0.2, 0.25) is 5.91 Å². The third-order valence-corrected chi connectivity index (χ3v) is 9.03. The minimum Gasteiger partial charge on any atom is -0.444 e. The topological polar surface area (TPSA) is 104 Å². The van der Waals surface area contributed by atoms with Gasteiger partial charge in [-0.15, -0.1) is 0 Å². The van der Waals surface area contributed by atoms with Crippen molar-refractivity contribution in [1.29, 1.82) is 0 Å². The molecule has 0 saturated carbocycles. The Morgan fingerprint density at radius 3 is 2.66 bits per heavy atom. The lowest BCUT2D eigenvalue weighted by Gasteiger charge is -2.46. The highest BCUT2D eigenvalue weighted by Crippen LogP contribution is 2.38. The fraction of sp³-hybridized carbons (Fsp3) is 0.515. The average Bonchev–Trinajstić information content (AvgIpc) is 3.43. The van der Waals surface area contributed by atoms with Crippen LogP contribution >= 0.6 is 11.6 Å². The molecule has 234 valence electrons. The minimum absolute atomic E-state index is 0.0566. The van der Waals surface area contributed by atoms with Crippen molar-refractivity contribution in [2.45, 2.75) is 70.4 Å². The number of halogens is 1. The van der Waals surface area contributed by atoms with Crippen molar-refractivity contribution < 1.29 is 19.4 Å². The summed E-state index contributed by atoms with van der Waals surface area (Å²) >= 11 is 6.44. The van der Waals surface area contributed by atoms with Gasteiger partial charge in [-0.2, -0.15) is 0 Å². The van der Waals surface area contributed by atoms with Crippen molar-refractivity contribution >= 4 is 23.6 Å². The molecule has 0 bridgehead atoms. The average molecular weight is 621 g/mol. The summed E-state index contributed by atoms with van der Waals surface area (Å²) in [6.45, 7) is 8.02. The molecule has 2 unspecified atom stereocenters. The minimum atomic E-state index is -0.788. The molecule has 44 heavy (non-hydrogen) atoms. The van der Waals surface area contributed by atoms with Crippen LogP contribution in [0.2, 0.25) is 5.02 Å². The van der Waals surface area contributed by atoms with Gasteiger partial charge in [-0.3, -0.25) is 19.6 Å². The number of amides is 2. The van der Waals surface area contributed by atoms with Crippen LogP contribution in [-0.2, 0) is 28.9 Å². The van der Waals surface area contributed by atoms with Crippen molar-refractivity contribution in [3.05, 3.63) is 82.7 Å². The van der Waals surface area contributed by atoms with Gasteiger partial charge in [-0.1, -0.05) is 23.7 Å². The predicted molar refractivity (Wildman–Crippen MR) is 166 cm³/mol. The molecule has 2 saturated heterocycles. The van der Waals surface area contributed by atoms with Gasteiger partial charge in [-0.05, 0) is 80.8 Å². The number of aryl methyl sites for hydroxylation is 2. The molecular formula is C33H41ClN6O4. The van der Waals surface area contributed by atoms with Crippen molar-refractivity contribution in [3.63, 3.8) is 0 Å². The summed E-state index contributed by atoms with van der Waals surface area (Å²) in [5.74, 6) is -0.123. The maximum atomic E-state index is 14.4. The number of fused-ring (bicyclic) bond motifs is 2. The maximum Gasteiger partial charge on any atom is 0.411 e. The number of hydrogen-bond acceptors (Lipinski definition) is 7. The van der Waals surface area contributed by atoms with Gasteiger partial charge in [0.15, 0.2) is 0 Å². The molecule has 0 spiro atoms. The number of carbonyl (C=O) groups is 2. The third-order valence-electron chi connectivity index (χ3n) is 8.79. The molecule has 6 rings (SSSR count). The molecule has 3 aliphatic rings. The van der Waals surface area contributed by atoms with Crippen LogP contribution in [0.5, 0.6) is 0 Å². The second-order valence-corrected chi connectivity index (χ2v) is 13.7. The fourth-order valence-electron chi connectivity index (χ4n) is 6.93. The Kier molecular flexibility index (Phi) is 8.68. The number of piperazine rings is 1. The summed E-state index contributed by atoms with van der Waals surface area (Å²) in [5, 5.41) is 11.5. The first-order valence-electron chi connectivity index (χ1n) is 15.4. The van der Waals surface area contributed by atoms with E-state index in [1.807, 2.05) is 55.9 Å². The molecule has 1 aromatic carbocycles. The monoisotopic (exact) mass is 620 g/mol. The molecule has 4 atom stereocenters. The molecule has 1 N–H and O–H groups in total. The van der Waals surface area contributed by atoms with Gasteiger partial charge in [-0.25, -0.2) is 9.78 Å². The largest absolute Gasteiger partial charge is 0.444 e. The Balaban J connectivity index is 1.32. The van der Waals surface area contributed by atoms with E-state index < -0.39 is 23.8 Å². The number of piperidine rings is 1. The second-order valence-electron chi connectivity index (χ2n) is 13.2. The van der Waals surface area contributed by atoms with Gasteiger partial charge >= 0.3 is 6.09 Å². The Morgan fingerprint density at radius 1 is 1.07 bits per heavy atom. The molecule has 2 aliphatic heterocycles. The second kappa shape index (κ2) is 12.5. The maximum absolute atomic E-state index is 14.4. The number of hydrogen-bond donors (Lipinski definition) is 1. The summed E-state index contributed by atoms with van der Waals surface area (Å²) in [6, 6.07) is 9.12. The van der Waals surface area contributed by atoms with Crippen LogP contribution in [0.4, 0.5) is 4.79 Å². The number of aliphatic hydroxyl groups is 1. The number of pyridine rings is 1. The lowest BCUT2D eigenvalue weighted by Crippen LogP contribution is -2.63. The van der Waals surface area contributed by atoms with E-state index in [1.165, 1.54) is 11.1 Å². The number of likely N-dealkylation sites (tertiary alicyclic amines) is 1. The normalized spacial score (nSPS) is 24.3. The first kappa shape index (κ1) is 30.6. The van der Waals surface area contributed by atoms with E-state index in [4.69, 9.17) is 21.3 Å². The number of ether oxygens (including phenoxy) is 1. The van der Waals surface area contributed by atoms with Crippen LogP contribution in [0.1, 0.15) is 55.6 Å². The number of aromatic nitrogens is 3. The quantitative estimate of drug-likeness (QED) is 0.471. The number of benzene rings is 1. The fourth-order valence-corrected chi connectivity index (χ4v) is 7.13. The Hall–Kier alpha value is -3.47. The van der Waals surface area contributed by atoms with Gasteiger partial charge in [0.1, 0.15) is 11.6 Å². The van der Waals surface area contributed by atoms with Crippen LogP contribution in [-0.4, -0.2) is 96.8 Å². The Labute approximate surface area is 263 Å². The SMILES string of the molecule is CC(C)(C)OC(=O)N1CCN([C@H]2c3ccc(Cl)cc3CCc3cccnc32)C[C@@H]1C(=O)N1CC(O)CC(Cn2ccnc2)C1. The molecule has 0 radical (unpaired) electrons. The van der Waals surface area contributed by atoms with Gasteiger partial charge in [0.25, 0.3) is 0 Å². The summed E-state index contributed by atoms with van der Waals surface area (Å²) in [6.07, 6.45) is 8.32. The van der Waals surface area contributed by atoms with Crippen LogP contribution in [0, 0.1) is 5.92 Å². The zero-order valence-electron chi connectivity index (χ0n) is 25.6. The number of β-amino-alcohol motifs (C(OH)–C–C–N with tert-alkyl or cyclic N) is 1. The number of nitrogens with zero attached hydrogens (tertiary/aromatic N) is 6. The molecule has 4 heterocycles. The van der Waals surface area contributed by atoms with E-state index in [0.29, 0.717) is 44.2 Å². The van der Waals surface area contributed by atoms with Crippen LogP contribution in [0.15, 0.2) is 55.2 Å². The molecule has 3 aromatic rings. The smallest absolute Gasteiger partial charge is 0.411 e.